The van der Waals surface area contributed by atoms with Gasteiger partial charge in [-0.3, -0.25) is 4.90 Å². The minimum absolute atomic E-state index is 0.0712. The standard InChI is InChI=1S/C20H29N3O5/c1-3-9-28-20(25)23-16-12-18(27-10-5-7-21)17(26-2)11-14(16)13-22-8-4-6-15(22)19(23)24/h3,11-12,15,19,24H,1,4-10,13,21H2,2H3/t15-,19-/m0/s1. The van der Waals surface area contributed by atoms with E-state index in [1.54, 1.807) is 13.2 Å². The maximum Gasteiger partial charge on any atom is 0.416 e. The number of anilines is 1. The van der Waals surface area contributed by atoms with Crippen LogP contribution in [0.5, 0.6) is 11.5 Å². The summed E-state index contributed by atoms with van der Waals surface area (Å²) in [6.07, 6.45) is 2.37. The number of aliphatic hydroxyl groups is 1. The Morgan fingerprint density at radius 3 is 2.96 bits per heavy atom. The summed E-state index contributed by atoms with van der Waals surface area (Å²) in [5, 5.41) is 11.0. The molecule has 1 fully saturated rings. The molecule has 28 heavy (non-hydrogen) atoms. The molecule has 1 aromatic carbocycles. The van der Waals surface area contributed by atoms with Crippen LogP contribution in [-0.2, 0) is 11.3 Å². The number of hydrogen-bond donors (Lipinski definition) is 2. The maximum atomic E-state index is 12.8. The van der Waals surface area contributed by atoms with E-state index in [2.05, 4.69) is 11.5 Å². The number of carbonyl (C=O) groups is 1. The Bertz CT molecular complexity index is 711. The smallest absolute Gasteiger partial charge is 0.416 e. The Kier molecular flexibility index (Phi) is 6.77. The van der Waals surface area contributed by atoms with Gasteiger partial charge in [0.15, 0.2) is 17.7 Å². The number of nitrogens with two attached hydrogens (primary N) is 1. The molecule has 1 saturated heterocycles. The predicted octanol–water partition coefficient (Wildman–Crippen LogP) is 1.85. The number of aliphatic hydroxyl groups excluding tert-OH is 1. The second kappa shape index (κ2) is 9.27. The van der Waals surface area contributed by atoms with Gasteiger partial charge in [-0.2, -0.15) is 0 Å². The van der Waals surface area contributed by atoms with Gasteiger partial charge >= 0.3 is 6.09 Å². The number of hydrogen-bond acceptors (Lipinski definition) is 7. The highest BCUT2D eigenvalue weighted by Gasteiger charge is 2.41. The lowest BCUT2D eigenvalue weighted by molar-refractivity contribution is 0.0664. The molecule has 0 unspecified atom stereocenters. The second-order valence-corrected chi connectivity index (χ2v) is 6.95. The molecule has 2 aliphatic heterocycles. The number of benzene rings is 1. The zero-order valence-corrected chi connectivity index (χ0v) is 16.3. The summed E-state index contributed by atoms with van der Waals surface area (Å²) in [5.74, 6) is 1.09. The molecular formula is C20H29N3O5. The van der Waals surface area contributed by atoms with Gasteiger partial charge in [0, 0.05) is 12.6 Å². The highest BCUT2D eigenvalue weighted by atomic mass is 16.6. The zero-order valence-electron chi connectivity index (χ0n) is 16.3. The molecule has 154 valence electrons. The van der Waals surface area contributed by atoms with E-state index in [0.717, 1.165) is 24.9 Å². The molecule has 2 atom stereocenters. The Morgan fingerprint density at radius 2 is 2.25 bits per heavy atom. The Balaban J connectivity index is 2.02. The highest BCUT2D eigenvalue weighted by Crippen LogP contribution is 2.41. The molecule has 3 rings (SSSR count). The molecule has 8 nitrogen and oxygen atoms in total. The van der Waals surface area contributed by atoms with Gasteiger partial charge in [0.2, 0.25) is 0 Å². The van der Waals surface area contributed by atoms with Crippen molar-refractivity contribution < 1.29 is 24.1 Å². The third-order valence-electron chi connectivity index (χ3n) is 5.15. The molecule has 0 radical (unpaired) electrons. The van der Waals surface area contributed by atoms with E-state index < -0.39 is 12.3 Å². The van der Waals surface area contributed by atoms with E-state index in [1.807, 2.05) is 6.07 Å². The fourth-order valence-corrected chi connectivity index (χ4v) is 3.81. The summed E-state index contributed by atoms with van der Waals surface area (Å²) in [7, 11) is 1.58. The van der Waals surface area contributed by atoms with Crippen molar-refractivity contribution in [1.29, 1.82) is 0 Å². The van der Waals surface area contributed by atoms with Gasteiger partial charge in [0.05, 0.1) is 25.4 Å². The summed E-state index contributed by atoms with van der Waals surface area (Å²) < 4.78 is 16.6. The molecule has 0 aromatic heterocycles. The lowest BCUT2D eigenvalue weighted by atomic mass is 10.1. The van der Waals surface area contributed by atoms with E-state index >= 15 is 0 Å². The van der Waals surface area contributed by atoms with Crippen LogP contribution in [0.15, 0.2) is 24.8 Å². The minimum atomic E-state index is -1.01. The SMILES string of the molecule is C=CCOC(=O)N1c2cc(OCCCN)c(OC)cc2CN2CCC[C@H]2[C@@H]1O. The first-order valence-electron chi connectivity index (χ1n) is 9.63. The van der Waals surface area contributed by atoms with Crippen LogP contribution in [-0.4, -0.2) is 61.8 Å². The molecule has 2 aliphatic rings. The third-order valence-corrected chi connectivity index (χ3v) is 5.15. The maximum absolute atomic E-state index is 12.8. The van der Waals surface area contributed by atoms with Crippen molar-refractivity contribution in [2.75, 3.05) is 38.3 Å². The lowest BCUT2D eigenvalue weighted by Crippen LogP contribution is -2.50. The first-order chi connectivity index (χ1) is 13.6. The molecule has 0 bridgehead atoms. The van der Waals surface area contributed by atoms with Gasteiger partial charge in [0.1, 0.15) is 6.61 Å². The van der Waals surface area contributed by atoms with Crippen LogP contribution in [0.2, 0.25) is 0 Å². The molecule has 0 aliphatic carbocycles. The van der Waals surface area contributed by atoms with Gasteiger partial charge < -0.3 is 25.1 Å². The van der Waals surface area contributed by atoms with Crippen LogP contribution < -0.4 is 20.1 Å². The molecule has 2 heterocycles. The van der Waals surface area contributed by atoms with E-state index in [0.29, 0.717) is 43.3 Å². The number of rotatable bonds is 7. The summed E-state index contributed by atoms with van der Waals surface area (Å²) in [5.41, 5.74) is 6.99. The molecule has 3 N–H and O–H groups in total. The fourth-order valence-electron chi connectivity index (χ4n) is 3.81. The van der Waals surface area contributed by atoms with Gasteiger partial charge in [-0.1, -0.05) is 12.7 Å². The van der Waals surface area contributed by atoms with E-state index in [1.165, 1.54) is 11.0 Å². The van der Waals surface area contributed by atoms with Crippen molar-refractivity contribution in [2.45, 2.75) is 38.1 Å². The average molecular weight is 391 g/mol. The molecule has 1 aromatic rings. The van der Waals surface area contributed by atoms with Crippen LogP contribution >= 0.6 is 0 Å². The quantitative estimate of drug-likeness (QED) is 0.541. The number of carbonyl (C=O) groups excluding carboxylic acids is 1. The topological polar surface area (TPSA) is 97.5 Å². The van der Waals surface area contributed by atoms with Crippen LogP contribution in [0.25, 0.3) is 0 Å². The van der Waals surface area contributed by atoms with Crippen molar-refractivity contribution in [3.8, 4) is 11.5 Å². The zero-order chi connectivity index (χ0) is 20.1. The molecule has 0 spiro atoms. The minimum Gasteiger partial charge on any atom is -0.493 e. The van der Waals surface area contributed by atoms with Crippen LogP contribution in [0.3, 0.4) is 0 Å². The number of methoxy groups -OCH3 is 1. The summed E-state index contributed by atoms with van der Waals surface area (Å²) in [4.78, 5) is 16.3. The number of fused-ring (bicyclic) bond motifs is 2. The predicted molar refractivity (Wildman–Crippen MR) is 106 cm³/mol. The Morgan fingerprint density at radius 1 is 1.43 bits per heavy atom. The van der Waals surface area contributed by atoms with Gasteiger partial charge in [-0.15, -0.1) is 0 Å². The summed E-state index contributed by atoms with van der Waals surface area (Å²) in [6, 6.07) is 3.47. The van der Waals surface area contributed by atoms with Gasteiger partial charge in [0.25, 0.3) is 0 Å². The van der Waals surface area contributed by atoms with Crippen LogP contribution in [0, 0.1) is 0 Å². The molecule has 1 amide bonds. The normalized spacial score (nSPS) is 21.5. The Labute approximate surface area is 165 Å². The molecular weight excluding hydrogens is 362 g/mol. The third kappa shape index (κ3) is 4.09. The fraction of sp³-hybridized carbons (Fsp3) is 0.550. The monoisotopic (exact) mass is 391 g/mol. The first kappa shape index (κ1) is 20.4. The number of amides is 1. The van der Waals surface area contributed by atoms with E-state index in [9.17, 15) is 9.90 Å². The molecule has 0 saturated carbocycles. The van der Waals surface area contributed by atoms with Crippen molar-refractivity contribution in [3.63, 3.8) is 0 Å². The van der Waals surface area contributed by atoms with E-state index in [-0.39, 0.29) is 12.6 Å². The highest BCUT2D eigenvalue weighted by molar-refractivity contribution is 5.90. The van der Waals surface area contributed by atoms with Gasteiger partial charge in [-0.25, -0.2) is 9.69 Å². The number of ether oxygens (including phenoxy) is 3. The second-order valence-electron chi connectivity index (χ2n) is 6.95. The number of nitrogens with zero attached hydrogens (tertiary/aromatic N) is 2. The lowest BCUT2D eigenvalue weighted by Gasteiger charge is -2.31. The average Bonchev–Trinajstić information content (AvgIpc) is 3.12. The van der Waals surface area contributed by atoms with Crippen LogP contribution in [0.1, 0.15) is 24.8 Å². The largest absolute Gasteiger partial charge is 0.493 e. The Hall–Kier alpha value is -2.29. The first-order valence-corrected chi connectivity index (χ1v) is 9.63. The van der Waals surface area contributed by atoms with Crippen molar-refractivity contribution in [1.82, 2.24) is 4.90 Å². The van der Waals surface area contributed by atoms with Crippen LogP contribution in [0.4, 0.5) is 10.5 Å². The summed E-state index contributed by atoms with van der Waals surface area (Å²) >= 11 is 0. The van der Waals surface area contributed by atoms with Crippen molar-refractivity contribution >= 4 is 11.8 Å². The van der Waals surface area contributed by atoms with E-state index in [4.69, 9.17) is 19.9 Å². The summed E-state index contributed by atoms with van der Waals surface area (Å²) in [6.45, 7) is 6.08. The van der Waals surface area contributed by atoms with Gasteiger partial charge in [-0.05, 0) is 44.0 Å². The van der Waals surface area contributed by atoms with Crippen molar-refractivity contribution in [2.24, 2.45) is 5.73 Å². The van der Waals surface area contributed by atoms with Crippen molar-refractivity contribution in [3.05, 3.63) is 30.4 Å². The molecule has 8 heteroatoms.